The van der Waals surface area contributed by atoms with Gasteiger partial charge in [0.15, 0.2) is 0 Å². The Morgan fingerprint density at radius 2 is 1.87 bits per heavy atom. The van der Waals surface area contributed by atoms with Crippen LogP contribution in [0.2, 0.25) is 0 Å². The van der Waals surface area contributed by atoms with Gasteiger partial charge in [-0.15, -0.1) is 0 Å². The average molecular weight is 336 g/mol. The summed E-state index contributed by atoms with van der Waals surface area (Å²) < 4.78 is 30.8. The van der Waals surface area contributed by atoms with E-state index in [0.717, 1.165) is 11.3 Å². The number of benzene rings is 1. The zero-order valence-corrected chi connectivity index (χ0v) is 13.9. The number of fused-ring (bicyclic) bond motifs is 1. The maximum Gasteiger partial charge on any atom is 0.253 e. The molecule has 0 N–H and O–H groups in total. The molecule has 7 heteroatoms. The average Bonchev–Trinajstić information content (AvgIpc) is 2.60. The third kappa shape index (κ3) is 3.25. The summed E-state index contributed by atoms with van der Waals surface area (Å²) in [5.74, 6) is 0.799. The van der Waals surface area contributed by atoms with Crippen molar-refractivity contribution in [1.29, 1.82) is 0 Å². The topological polar surface area (TPSA) is 66.9 Å². The van der Waals surface area contributed by atoms with Crippen LogP contribution in [0.1, 0.15) is 12.5 Å². The van der Waals surface area contributed by atoms with Crippen LogP contribution in [0.3, 0.4) is 0 Å². The zero-order valence-electron chi connectivity index (χ0n) is 13.1. The van der Waals surface area contributed by atoms with E-state index in [9.17, 15) is 13.2 Å². The molecule has 0 unspecified atom stereocenters. The van der Waals surface area contributed by atoms with E-state index in [2.05, 4.69) is 0 Å². The van der Waals surface area contributed by atoms with Gasteiger partial charge in [0, 0.05) is 31.7 Å². The molecule has 0 spiro atoms. The summed E-state index contributed by atoms with van der Waals surface area (Å²) in [5.41, 5.74) is 1.50. The highest BCUT2D eigenvalue weighted by atomic mass is 32.2. The van der Waals surface area contributed by atoms with Crippen LogP contribution >= 0.6 is 0 Å². The number of piperazine rings is 1. The van der Waals surface area contributed by atoms with Gasteiger partial charge in [-0.05, 0) is 19.1 Å². The molecule has 124 valence electrons. The standard InChI is InChI=1S/C16H20N2O4S/c1-2-23(20,21)18-9-7-17(8-10-18)16(19)14-11-13-5-3-4-6-15(13)22-12-14/h3-6,11H,2,7-10,12H2,1H3. The van der Waals surface area contributed by atoms with Crippen LogP contribution in [0.4, 0.5) is 0 Å². The highest BCUT2D eigenvalue weighted by Gasteiger charge is 2.29. The maximum atomic E-state index is 12.6. The van der Waals surface area contributed by atoms with E-state index >= 15 is 0 Å². The fourth-order valence-corrected chi connectivity index (χ4v) is 3.88. The summed E-state index contributed by atoms with van der Waals surface area (Å²) >= 11 is 0. The summed E-state index contributed by atoms with van der Waals surface area (Å²) in [6.07, 6.45) is 1.86. The second kappa shape index (κ2) is 6.33. The number of carbonyl (C=O) groups is 1. The van der Waals surface area contributed by atoms with Crippen molar-refractivity contribution in [2.45, 2.75) is 6.92 Å². The van der Waals surface area contributed by atoms with E-state index < -0.39 is 10.0 Å². The molecule has 2 aliphatic rings. The predicted octanol–water partition coefficient (Wildman–Crippen LogP) is 0.956. The van der Waals surface area contributed by atoms with Gasteiger partial charge in [0.25, 0.3) is 5.91 Å². The first-order chi connectivity index (χ1) is 11.0. The minimum atomic E-state index is -3.18. The molecule has 1 amide bonds. The van der Waals surface area contributed by atoms with E-state index in [4.69, 9.17) is 4.74 Å². The maximum absolute atomic E-state index is 12.6. The summed E-state index contributed by atoms with van der Waals surface area (Å²) in [7, 11) is -3.18. The lowest BCUT2D eigenvalue weighted by molar-refractivity contribution is -0.128. The van der Waals surface area contributed by atoms with Crippen LogP contribution in [0.15, 0.2) is 29.8 Å². The molecule has 2 aliphatic heterocycles. The number of hydrogen-bond acceptors (Lipinski definition) is 4. The monoisotopic (exact) mass is 336 g/mol. The quantitative estimate of drug-likeness (QED) is 0.824. The van der Waals surface area contributed by atoms with Crippen molar-refractivity contribution in [1.82, 2.24) is 9.21 Å². The van der Waals surface area contributed by atoms with Crippen LogP contribution in [0, 0.1) is 0 Å². The minimum absolute atomic E-state index is 0.0759. The van der Waals surface area contributed by atoms with E-state index in [-0.39, 0.29) is 18.3 Å². The second-order valence-corrected chi connectivity index (χ2v) is 7.85. The van der Waals surface area contributed by atoms with E-state index in [0.29, 0.717) is 31.8 Å². The number of ether oxygens (including phenoxy) is 1. The molecule has 23 heavy (non-hydrogen) atoms. The molecule has 2 heterocycles. The first-order valence-electron chi connectivity index (χ1n) is 7.71. The SMILES string of the molecule is CCS(=O)(=O)N1CCN(C(=O)C2=Cc3ccccc3OC2)CC1. The molecule has 0 bridgehead atoms. The van der Waals surface area contributed by atoms with Gasteiger partial charge >= 0.3 is 0 Å². The molecule has 3 rings (SSSR count). The van der Waals surface area contributed by atoms with Gasteiger partial charge in [-0.2, -0.15) is 4.31 Å². The Morgan fingerprint density at radius 1 is 1.17 bits per heavy atom. The van der Waals surface area contributed by atoms with Gasteiger partial charge in [0.2, 0.25) is 10.0 Å². The molecule has 0 aromatic heterocycles. The molecule has 1 aromatic carbocycles. The third-order valence-corrected chi connectivity index (χ3v) is 6.07. The highest BCUT2D eigenvalue weighted by Crippen LogP contribution is 2.26. The first-order valence-corrected chi connectivity index (χ1v) is 9.31. The Hall–Kier alpha value is -1.86. The van der Waals surface area contributed by atoms with Crippen LogP contribution in [-0.4, -0.2) is 62.1 Å². The molecule has 0 saturated carbocycles. The highest BCUT2D eigenvalue weighted by molar-refractivity contribution is 7.89. The van der Waals surface area contributed by atoms with Crippen molar-refractivity contribution in [2.24, 2.45) is 0 Å². The van der Waals surface area contributed by atoms with Crippen molar-refractivity contribution in [3.05, 3.63) is 35.4 Å². The largest absolute Gasteiger partial charge is 0.488 e. The number of hydrogen-bond donors (Lipinski definition) is 0. The molecule has 1 aromatic rings. The van der Waals surface area contributed by atoms with Gasteiger partial charge in [0.1, 0.15) is 12.4 Å². The fourth-order valence-electron chi connectivity index (χ4n) is 2.79. The number of carbonyl (C=O) groups excluding carboxylic acids is 1. The van der Waals surface area contributed by atoms with Crippen molar-refractivity contribution < 1.29 is 17.9 Å². The van der Waals surface area contributed by atoms with Crippen LogP contribution in [0.25, 0.3) is 6.08 Å². The van der Waals surface area contributed by atoms with E-state index in [1.165, 1.54) is 4.31 Å². The molecule has 6 nitrogen and oxygen atoms in total. The lowest BCUT2D eigenvalue weighted by Crippen LogP contribution is -2.51. The molecule has 0 aliphatic carbocycles. The third-order valence-electron chi connectivity index (χ3n) is 4.19. The molecule has 0 radical (unpaired) electrons. The minimum Gasteiger partial charge on any atom is -0.488 e. The Balaban J connectivity index is 1.68. The lowest BCUT2D eigenvalue weighted by atomic mass is 10.1. The van der Waals surface area contributed by atoms with Gasteiger partial charge in [-0.1, -0.05) is 18.2 Å². The first kappa shape index (κ1) is 16.0. The van der Waals surface area contributed by atoms with Crippen LogP contribution < -0.4 is 4.74 Å². The number of amides is 1. The van der Waals surface area contributed by atoms with Gasteiger partial charge in [-0.3, -0.25) is 4.79 Å². The molecule has 0 atom stereocenters. The van der Waals surface area contributed by atoms with Crippen molar-refractivity contribution in [3.8, 4) is 5.75 Å². The molecular formula is C16H20N2O4S. The fraction of sp³-hybridized carbons (Fsp3) is 0.438. The smallest absolute Gasteiger partial charge is 0.253 e. The van der Waals surface area contributed by atoms with E-state index in [1.54, 1.807) is 11.8 Å². The second-order valence-electron chi connectivity index (χ2n) is 5.59. The summed E-state index contributed by atoms with van der Waals surface area (Å²) in [5, 5.41) is 0. The zero-order chi connectivity index (χ0) is 16.4. The van der Waals surface area contributed by atoms with Gasteiger partial charge in [0.05, 0.1) is 11.3 Å². The van der Waals surface area contributed by atoms with Gasteiger partial charge < -0.3 is 9.64 Å². The lowest BCUT2D eigenvalue weighted by Gasteiger charge is -2.34. The van der Waals surface area contributed by atoms with Crippen molar-refractivity contribution >= 4 is 22.0 Å². The Bertz CT molecular complexity index is 734. The Labute approximate surface area is 136 Å². The molecular weight excluding hydrogens is 316 g/mol. The summed E-state index contributed by atoms with van der Waals surface area (Å²) in [6, 6.07) is 7.59. The number of rotatable bonds is 3. The van der Waals surface area contributed by atoms with Gasteiger partial charge in [-0.25, -0.2) is 8.42 Å². The predicted molar refractivity (Wildman–Crippen MR) is 87.5 cm³/mol. The molecule has 1 fully saturated rings. The van der Waals surface area contributed by atoms with Crippen LogP contribution in [0.5, 0.6) is 5.75 Å². The number of para-hydroxylation sites is 1. The van der Waals surface area contributed by atoms with Crippen molar-refractivity contribution in [2.75, 3.05) is 38.5 Å². The normalized spacial score (nSPS) is 18.8. The molecule has 1 saturated heterocycles. The number of sulfonamides is 1. The van der Waals surface area contributed by atoms with Crippen molar-refractivity contribution in [3.63, 3.8) is 0 Å². The van der Waals surface area contributed by atoms with Crippen LogP contribution in [-0.2, 0) is 14.8 Å². The van der Waals surface area contributed by atoms with E-state index in [1.807, 2.05) is 30.3 Å². The Kier molecular flexibility index (Phi) is 4.41. The summed E-state index contributed by atoms with van der Waals surface area (Å²) in [6.45, 7) is 3.42. The number of nitrogens with zero attached hydrogens (tertiary/aromatic N) is 2. The summed E-state index contributed by atoms with van der Waals surface area (Å²) in [4.78, 5) is 14.3. The Morgan fingerprint density at radius 3 is 2.57 bits per heavy atom.